The maximum absolute atomic E-state index is 11.9. The van der Waals surface area contributed by atoms with Crippen molar-refractivity contribution in [1.29, 1.82) is 0 Å². The van der Waals surface area contributed by atoms with Crippen LogP contribution in [0, 0.1) is 5.92 Å². The minimum atomic E-state index is -0.547. The number of Topliss-reactive ketones (excluding diaryl/α,β-unsaturated/α-hetero) is 1. The first-order chi connectivity index (χ1) is 9.61. The van der Waals surface area contributed by atoms with Crippen LogP contribution in [0.5, 0.6) is 11.5 Å². The van der Waals surface area contributed by atoms with Crippen molar-refractivity contribution in [3.05, 3.63) is 23.8 Å². The zero-order valence-corrected chi connectivity index (χ0v) is 11.3. The second kappa shape index (κ2) is 6.38. The van der Waals surface area contributed by atoms with Gasteiger partial charge in [0.15, 0.2) is 17.3 Å². The van der Waals surface area contributed by atoms with Gasteiger partial charge in [0.05, 0.1) is 13.7 Å². The molecule has 1 amide bonds. The third-order valence-corrected chi connectivity index (χ3v) is 3.20. The summed E-state index contributed by atoms with van der Waals surface area (Å²) in [6.45, 7) is 1.04. The van der Waals surface area contributed by atoms with Crippen molar-refractivity contribution < 1.29 is 23.8 Å². The Morgan fingerprint density at radius 2 is 2.20 bits per heavy atom. The van der Waals surface area contributed by atoms with Gasteiger partial charge in [-0.2, -0.15) is 0 Å². The van der Waals surface area contributed by atoms with Crippen LogP contribution in [-0.2, 0) is 9.53 Å². The fraction of sp³-hybridized carbons (Fsp3) is 0.429. The van der Waals surface area contributed by atoms with Crippen molar-refractivity contribution in [2.75, 3.05) is 26.9 Å². The van der Waals surface area contributed by atoms with Crippen LogP contribution in [0.4, 0.5) is 0 Å². The summed E-state index contributed by atoms with van der Waals surface area (Å²) in [6, 6.07) is 4.58. The molecular weight excluding hydrogens is 262 g/mol. The molecule has 6 nitrogen and oxygen atoms in total. The van der Waals surface area contributed by atoms with Gasteiger partial charge >= 0.3 is 0 Å². The van der Waals surface area contributed by atoms with Gasteiger partial charge < -0.3 is 19.9 Å². The molecule has 0 bridgehead atoms. The molecule has 1 saturated heterocycles. The number of methoxy groups -OCH3 is 1. The summed E-state index contributed by atoms with van der Waals surface area (Å²) in [7, 11) is 1.46. The lowest BCUT2D eigenvalue weighted by atomic mass is 10.0. The molecule has 0 radical (unpaired) electrons. The molecule has 1 aromatic carbocycles. The molecule has 1 heterocycles. The highest BCUT2D eigenvalue weighted by atomic mass is 16.5. The van der Waals surface area contributed by atoms with Gasteiger partial charge in [0.2, 0.25) is 5.91 Å². The minimum absolute atomic E-state index is 0.00327. The van der Waals surface area contributed by atoms with Crippen molar-refractivity contribution >= 4 is 11.7 Å². The van der Waals surface area contributed by atoms with Crippen molar-refractivity contribution in [2.45, 2.75) is 6.42 Å². The molecule has 1 aliphatic heterocycles. The summed E-state index contributed by atoms with van der Waals surface area (Å²) in [6.07, 6.45) is 0.736. The molecule has 0 spiro atoms. The minimum Gasteiger partial charge on any atom is -0.493 e. The molecule has 1 fully saturated rings. The van der Waals surface area contributed by atoms with Crippen LogP contribution in [0.1, 0.15) is 16.8 Å². The Labute approximate surface area is 116 Å². The standard InChI is InChI=1S/C14H17NO5/c1-18-13-6-9(14(15)17)2-3-12(13)20-8-11(16)10-4-5-19-7-10/h2-3,6,10H,4-5,7-8H2,1H3,(H2,15,17). The largest absolute Gasteiger partial charge is 0.493 e. The normalized spacial score (nSPS) is 17.8. The Hall–Kier alpha value is -2.08. The predicted octanol–water partition coefficient (Wildman–Crippen LogP) is 0.778. The number of amides is 1. The van der Waals surface area contributed by atoms with E-state index in [4.69, 9.17) is 19.9 Å². The number of benzene rings is 1. The third-order valence-electron chi connectivity index (χ3n) is 3.20. The van der Waals surface area contributed by atoms with E-state index in [9.17, 15) is 9.59 Å². The molecular formula is C14H17NO5. The topological polar surface area (TPSA) is 87.9 Å². The van der Waals surface area contributed by atoms with Crippen LogP contribution < -0.4 is 15.2 Å². The zero-order valence-electron chi connectivity index (χ0n) is 11.3. The number of nitrogens with two attached hydrogens (primary N) is 1. The smallest absolute Gasteiger partial charge is 0.248 e. The highest BCUT2D eigenvalue weighted by Gasteiger charge is 2.24. The van der Waals surface area contributed by atoms with Crippen molar-refractivity contribution in [1.82, 2.24) is 0 Å². The molecule has 2 rings (SSSR count). The van der Waals surface area contributed by atoms with E-state index in [0.717, 1.165) is 6.42 Å². The Morgan fingerprint density at radius 3 is 2.80 bits per heavy atom. The zero-order chi connectivity index (χ0) is 14.5. The van der Waals surface area contributed by atoms with E-state index in [0.29, 0.717) is 30.3 Å². The van der Waals surface area contributed by atoms with Crippen LogP contribution in [0.25, 0.3) is 0 Å². The molecule has 20 heavy (non-hydrogen) atoms. The average Bonchev–Trinajstić information content (AvgIpc) is 2.98. The Bertz CT molecular complexity index is 508. The number of hydrogen-bond acceptors (Lipinski definition) is 5. The molecule has 1 aliphatic rings. The highest BCUT2D eigenvalue weighted by molar-refractivity contribution is 5.93. The van der Waals surface area contributed by atoms with Crippen LogP contribution in [0.3, 0.4) is 0 Å². The lowest BCUT2D eigenvalue weighted by Gasteiger charge is -2.12. The second-order valence-corrected chi connectivity index (χ2v) is 4.55. The number of ketones is 1. The highest BCUT2D eigenvalue weighted by Crippen LogP contribution is 2.28. The van der Waals surface area contributed by atoms with Gasteiger partial charge in [-0.25, -0.2) is 0 Å². The van der Waals surface area contributed by atoms with Gasteiger partial charge in [-0.1, -0.05) is 0 Å². The fourth-order valence-corrected chi connectivity index (χ4v) is 2.00. The van der Waals surface area contributed by atoms with Crippen LogP contribution in [0.2, 0.25) is 0 Å². The molecule has 0 saturated carbocycles. The number of primary amides is 1. The van der Waals surface area contributed by atoms with Crippen molar-refractivity contribution in [2.24, 2.45) is 11.7 Å². The quantitative estimate of drug-likeness (QED) is 0.831. The Balaban J connectivity index is 2.01. The van der Waals surface area contributed by atoms with E-state index >= 15 is 0 Å². The van der Waals surface area contributed by atoms with Gasteiger partial charge in [0.1, 0.15) is 6.61 Å². The number of carbonyl (C=O) groups is 2. The van der Waals surface area contributed by atoms with Crippen LogP contribution >= 0.6 is 0 Å². The van der Waals surface area contributed by atoms with E-state index in [2.05, 4.69) is 0 Å². The van der Waals surface area contributed by atoms with Gasteiger partial charge in [0, 0.05) is 18.1 Å². The van der Waals surface area contributed by atoms with Crippen LogP contribution in [-0.4, -0.2) is 38.6 Å². The lowest BCUT2D eigenvalue weighted by molar-refractivity contribution is -0.124. The molecule has 1 atom stereocenters. The van der Waals surface area contributed by atoms with Gasteiger partial charge in [0.25, 0.3) is 0 Å². The lowest BCUT2D eigenvalue weighted by Crippen LogP contribution is -2.21. The van der Waals surface area contributed by atoms with Crippen molar-refractivity contribution in [3.8, 4) is 11.5 Å². The summed E-state index contributed by atoms with van der Waals surface area (Å²) in [5.74, 6) is 0.144. The monoisotopic (exact) mass is 279 g/mol. The van der Waals surface area contributed by atoms with Gasteiger partial charge in [-0.15, -0.1) is 0 Å². The van der Waals surface area contributed by atoms with E-state index in [-0.39, 0.29) is 18.3 Å². The first kappa shape index (κ1) is 14.3. The number of ether oxygens (including phenoxy) is 3. The first-order valence-corrected chi connectivity index (χ1v) is 6.33. The summed E-state index contributed by atoms with van der Waals surface area (Å²) in [5.41, 5.74) is 5.51. The predicted molar refractivity (Wildman–Crippen MR) is 70.9 cm³/mol. The maximum Gasteiger partial charge on any atom is 0.248 e. The van der Waals surface area contributed by atoms with Gasteiger partial charge in [-0.3, -0.25) is 9.59 Å². The fourth-order valence-electron chi connectivity index (χ4n) is 2.00. The second-order valence-electron chi connectivity index (χ2n) is 4.55. The Kier molecular flexibility index (Phi) is 4.57. The number of rotatable bonds is 6. The number of hydrogen-bond donors (Lipinski definition) is 1. The van der Waals surface area contributed by atoms with Crippen molar-refractivity contribution in [3.63, 3.8) is 0 Å². The molecule has 6 heteroatoms. The molecule has 1 unspecified atom stereocenters. The average molecular weight is 279 g/mol. The Morgan fingerprint density at radius 1 is 1.40 bits per heavy atom. The summed E-state index contributed by atoms with van der Waals surface area (Å²) < 4.78 is 15.7. The molecule has 0 aliphatic carbocycles. The first-order valence-electron chi connectivity index (χ1n) is 6.33. The van der Waals surface area contributed by atoms with E-state index in [1.807, 2.05) is 0 Å². The summed E-state index contributed by atoms with van der Waals surface area (Å²) >= 11 is 0. The molecule has 0 aromatic heterocycles. The van der Waals surface area contributed by atoms with Crippen LogP contribution in [0.15, 0.2) is 18.2 Å². The third kappa shape index (κ3) is 3.27. The number of carbonyl (C=O) groups excluding carboxylic acids is 2. The summed E-state index contributed by atoms with van der Waals surface area (Å²) in [4.78, 5) is 23.0. The van der Waals surface area contributed by atoms with Gasteiger partial charge in [-0.05, 0) is 24.6 Å². The SMILES string of the molecule is COc1cc(C(N)=O)ccc1OCC(=O)C1CCOC1. The molecule has 2 N–H and O–H groups in total. The molecule has 108 valence electrons. The van der Waals surface area contributed by atoms with E-state index in [1.54, 1.807) is 6.07 Å². The summed E-state index contributed by atoms with van der Waals surface area (Å²) in [5, 5.41) is 0. The maximum atomic E-state index is 11.9. The van der Waals surface area contributed by atoms with E-state index in [1.165, 1.54) is 19.2 Å². The van der Waals surface area contributed by atoms with E-state index < -0.39 is 5.91 Å². The molecule has 1 aromatic rings.